The number of nitrogens with zero attached hydrogens (tertiary/aromatic N) is 2. The Kier molecular flexibility index (Phi) is 2.78. The van der Waals surface area contributed by atoms with E-state index in [1.807, 2.05) is 0 Å². The minimum Gasteiger partial charge on any atom is -0.478 e. The molecule has 2 aromatic heterocycles. The van der Waals surface area contributed by atoms with E-state index in [-0.39, 0.29) is 11.4 Å². The molecule has 3 rings (SSSR count). The number of halogens is 1. The maximum atomic E-state index is 11.1. The molecule has 0 bridgehead atoms. The molecule has 0 saturated heterocycles. The number of carboxylic acids is 1. The summed E-state index contributed by atoms with van der Waals surface area (Å²) in [4.78, 5) is 19.4. The number of aromatic carboxylic acids is 1. The van der Waals surface area contributed by atoms with Gasteiger partial charge in [0, 0.05) is 5.39 Å². The van der Waals surface area contributed by atoms with Crippen LogP contribution in [0.3, 0.4) is 0 Å². The highest BCUT2D eigenvalue weighted by atomic mass is 35.5. The van der Waals surface area contributed by atoms with Crippen LogP contribution >= 0.6 is 11.6 Å². The summed E-state index contributed by atoms with van der Waals surface area (Å²) < 4.78 is 0. The van der Waals surface area contributed by atoms with Gasteiger partial charge in [-0.25, -0.2) is 14.8 Å². The van der Waals surface area contributed by atoms with Gasteiger partial charge >= 0.3 is 5.97 Å². The Morgan fingerprint density at radius 2 is 1.95 bits per heavy atom. The Hall–Kier alpha value is -1.88. The molecule has 0 atom stereocenters. The van der Waals surface area contributed by atoms with Crippen molar-refractivity contribution < 1.29 is 9.90 Å². The number of aryl methyl sites for hydroxylation is 1. The number of nitrogen functional groups attached to an aromatic ring is 1. The number of nitrogens with two attached hydrogens (primary N) is 1. The van der Waals surface area contributed by atoms with Gasteiger partial charge in [0.05, 0.1) is 0 Å². The lowest BCUT2D eigenvalue weighted by atomic mass is 9.90. The van der Waals surface area contributed by atoms with Gasteiger partial charge in [0.25, 0.3) is 0 Å². The molecular weight excluding hydrogens is 266 g/mol. The van der Waals surface area contributed by atoms with Gasteiger partial charge < -0.3 is 10.8 Å². The van der Waals surface area contributed by atoms with Gasteiger partial charge in [-0.1, -0.05) is 11.6 Å². The van der Waals surface area contributed by atoms with Crippen LogP contribution in [0, 0.1) is 0 Å². The number of carboxylic acid groups (broad SMARTS) is 1. The van der Waals surface area contributed by atoms with Crippen molar-refractivity contribution in [2.75, 3.05) is 5.73 Å². The van der Waals surface area contributed by atoms with Crippen LogP contribution in [0.5, 0.6) is 0 Å². The minimum absolute atomic E-state index is 0.0180. The highest BCUT2D eigenvalue weighted by Crippen LogP contribution is 2.33. The molecule has 0 spiro atoms. The number of pyridine rings is 2. The second kappa shape index (κ2) is 4.35. The van der Waals surface area contributed by atoms with Crippen LogP contribution in [-0.2, 0) is 12.8 Å². The van der Waals surface area contributed by atoms with Crippen LogP contribution in [0.25, 0.3) is 11.0 Å². The second-order valence-corrected chi connectivity index (χ2v) is 5.02. The molecule has 2 aromatic rings. The van der Waals surface area contributed by atoms with Crippen LogP contribution in [0.2, 0.25) is 5.15 Å². The fraction of sp³-hybridized carbons (Fsp3) is 0.308. The molecule has 0 saturated carbocycles. The van der Waals surface area contributed by atoms with E-state index in [0.717, 1.165) is 42.2 Å². The maximum Gasteiger partial charge on any atom is 0.339 e. The Bertz CT molecular complexity index is 700. The highest BCUT2D eigenvalue weighted by Gasteiger charge is 2.20. The average molecular weight is 278 g/mol. The van der Waals surface area contributed by atoms with Crippen LogP contribution < -0.4 is 5.73 Å². The average Bonchev–Trinajstić information content (AvgIpc) is 2.38. The second-order valence-electron chi connectivity index (χ2n) is 4.66. The first-order chi connectivity index (χ1) is 9.08. The molecule has 19 heavy (non-hydrogen) atoms. The molecule has 0 unspecified atom stereocenters. The number of rotatable bonds is 1. The number of aromatic nitrogens is 2. The largest absolute Gasteiger partial charge is 0.478 e. The molecule has 0 aliphatic heterocycles. The van der Waals surface area contributed by atoms with Crippen molar-refractivity contribution in [3.8, 4) is 0 Å². The predicted molar refractivity (Wildman–Crippen MR) is 72.6 cm³/mol. The van der Waals surface area contributed by atoms with Crippen molar-refractivity contribution in [3.05, 3.63) is 27.9 Å². The number of fused-ring (bicyclic) bond motifs is 3. The van der Waals surface area contributed by atoms with Crippen LogP contribution in [0.4, 0.5) is 5.82 Å². The molecule has 98 valence electrons. The third-order valence-electron chi connectivity index (χ3n) is 3.51. The highest BCUT2D eigenvalue weighted by molar-refractivity contribution is 6.30. The van der Waals surface area contributed by atoms with Gasteiger partial charge in [0.15, 0.2) is 5.65 Å². The summed E-state index contributed by atoms with van der Waals surface area (Å²) in [6.07, 6.45) is 3.89. The number of hydrogen-bond acceptors (Lipinski definition) is 4. The van der Waals surface area contributed by atoms with E-state index in [1.165, 1.54) is 0 Å². The lowest BCUT2D eigenvalue weighted by Crippen LogP contribution is -2.10. The zero-order valence-corrected chi connectivity index (χ0v) is 10.9. The lowest BCUT2D eigenvalue weighted by molar-refractivity contribution is 0.0698. The van der Waals surface area contributed by atoms with Crippen molar-refractivity contribution in [2.45, 2.75) is 25.7 Å². The Labute approximate surface area is 114 Å². The quantitative estimate of drug-likeness (QED) is 0.782. The lowest BCUT2D eigenvalue weighted by Gasteiger charge is -2.18. The van der Waals surface area contributed by atoms with E-state index in [0.29, 0.717) is 10.8 Å². The van der Waals surface area contributed by atoms with E-state index >= 15 is 0 Å². The van der Waals surface area contributed by atoms with E-state index in [1.54, 1.807) is 6.07 Å². The van der Waals surface area contributed by atoms with Crippen molar-refractivity contribution in [3.63, 3.8) is 0 Å². The SMILES string of the molecule is Nc1nc2nc(Cl)c3c(c2cc1C(=O)O)CCCC3. The third kappa shape index (κ3) is 1.90. The van der Waals surface area contributed by atoms with Crippen LogP contribution in [0.15, 0.2) is 6.07 Å². The summed E-state index contributed by atoms with van der Waals surface area (Å²) in [5.74, 6) is -1.11. The molecule has 6 heteroatoms. The number of anilines is 1. The van der Waals surface area contributed by atoms with Gasteiger partial charge in [0.2, 0.25) is 0 Å². The van der Waals surface area contributed by atoms with Gasteiger partial charge in [-0.05, 0) is 42.9 Å². The molecule has 0 fully saturated rings. The topological polar surface area (TPSA) is 89.1 Å². The molecule has 0 radical (unpaired) electrons. The molecule has 1 aliphatic carbocycles. The van der Waals surface area contributed by atoms with E-state index < -0.39 is 5.97 Å². The van der Waals surface area contributed by atoms with E-state index in [9.17, 15) is 4.79 Å². The molecular formula is C13H12ClN3O2. The Morgan fingerprint density at radius 1 is 1.26 bits per heavy atom. The summed E-state index contributed by atoms with van der Waals surface area (Å²) in [7, 11) is 0. The van der Waals surface area contributed by atoms with E-state index in [4.69, 9.17) is 22.4 Å². The first-order valence-corrected chi connectivity index (χ1v) is 6.46. The van der Waals surface area contributed by atoms with Gasteiger partial charge in [-0.15, -0.1) is 0 Å². The summed E-state index contributed by atoms with van der Waals surface area (Å²) in [5, 5.41) is 10.3. The standard InChI is InChI=1S/C13H12ClN3O2/c14-10-7-4-2-1-3-6(7)8-5-9(13(18)19)11(15)17-12(8)16-10/h5H,1-4H2,(H,18,19)(H2,15,16,17). The van der Waals surface area contributed by atoms with Crippen LogP contribution in [-0.4, -0.2) is 21.0 Å². The molecule has 3 N–H and O–H groups in total. The number of carbonyl (C=O) groups is 1. The van der Waals surface area contributed by atoms with Crippen LogP contribution in [0.1, 0.15) is 34.3 Å². The molecule has 0 amide bonds. The van der Waals surface area contributed by atoms with Crippen molar-refractivity contribution >= 4 is 34.4 Å². The first kappa shape index (κ1) is 12.2. The van der Waals surface area contributed by atoms with Gasteiger partial charge in [0.1, 0.15) is 16.5 Å². The summed E-state index contributed by atoms with van der Waals surface area (Å²) >= 11 is 6.17. The zero-order chi connectivity index (χ0) is 13.6. The zero-order valence-electron chi connectivity index (χ0n) is 10.1. The van der Waals surface area contributed by atoms with Gasteiger partial charge in [-0.2, -0.15) is 0 Å². The molecule has 1 aliphatic rings. The predicted octanol–water partition coefficient (Wildman–Crippen LogP) is 2.44. The van der Waals surface area contributed by atoms with E-state index in [2.05, 4.69) is 9.97 Å². The fourth-order valence-electron chi connectivity index (χ4n) is 2.59. The summed E-state index contributed by atoms with van der Waals surface area (Å²) in [6, 6.07) is 1.56. The monoisotopic (exact) mass is 277 g/mol. The first-order valence-electron chi connectivity index (χ1n) is 6.08. The fourth-order valence-corrected chi connectivity index (χ4v) is 2.88. The maximum absolute atomic E-state index is 11.1. The molecule has 5 nitrogen and oxygen atoms in total. The van der Waals surface area contributed by atoms with Crippen molar-refractivity contribution in [1.82, 2.24) is 9.97 Å². The Balaban J connectivity index is 2.37. The summed E-state index contributed by atoms with van der Waals surface area (Å²) in [5.41, 5.74) is 8.16. The molecule has 2 heterocycles. The third-order valence-corrected chi connectivity index (χ3v) is 3.82. The molecule has 0 aromatic carbocycles. The Morgan fingerprint density at radius 3 is 2.63 bits per heavy atom. The van der Waals surface area contributed by atoms with Crippen molar-refractivity contribution in [1.29, 1.82) is 0 Å². The summed E-state index contributed by atoms with van der Waals surface area (Å²) in [6.45, 7) is 0. The van der Waals surface area contributed by atoms with Crippen molar-refractivity contribution in [2.24, 2.45) is 0 Å². The number of hydrogen-bond donors (Lipinski definition) is 2. The smallest absolute Gasteiger partial charge is 0.339 e. The van der Waals surface area contributed by atoms with Gasteiger partial charge in [-0.3, -0.25) is 0 Å². The minimum atomic E-state index is -1.08. The normalized spacial score (nSPS) is 14.4.